The largest absolute Gasteiger partial charge is 0.354 e. The Morgan fingerprint density at radius 2 is 2.27 bits per heavy atom. The predicted molar refractivity (Wildman–Crippen MR) is 56.6 cm³/mol. The van der Waals surface area contributed by atoms with Crippen molar-refractivity contribution in [3.8, 4) is 0 Å². The van der Waals surface area contributed by atoms with E-state index < -0.39 is 15.3 Å². The summed E-state index contributed by atoms with van der Waals surface area (Å²) in [4.78, 5) is 11.1. The van der Waals surface area contributed by atoms with E-state index in [1.54, 1.807) is 6.92 Å². The predicted octanol–water partition coefficient (Wildman–Crippen LogP) is -1.51. The number of sulfonamides is 1. The molecule has 1 saturated heterocycles. The molecule has 1 aliphatic rings. The van der Waals surface area contributed by atoms with Crippen LogP contribution in [0.25, 0.3) is 0 Å². The van der Waals surface area contributed by atoms with Crippen LogP contribution in [0.3, 0.4) is 0 Å². The first-order chi connectivity index (χ1) is 7.02. The summed E-state index contributed by atoms with van der Waals surface area (Å²) in [7, 11) is -3.41. The van der Waals surface area contributed by atoms with E-state index in [-0.39, 0.29) is 19.0 Å². The van der Waals surface area contributed by atoms with Crippen molar-refractivity contribution in [2.75, 3.05) is 26.2 Å². The zero-order valence-electron chi connectivity index (χ0n) is 8.77. The minimum atomic E-state index is -3.41. The molecule has 1 heterocycles. The van der Waals surface area contributed by atoms with Gasteiger partial charge in [-0.15, -0.1) is 0 Å². The van der Waals surface area contributed by atoms with Gasteiger partial charge in [-0.3, -0.25) is 4.79 Å². The van der Waals surface area contributed by atoms with Gasteiger partial charge in [0.25, 0.3) is 0 Å². The molecule has 0 aliphatic carbocycles. The van der Waals surface area contributed by atoms with Crippen LogP contribution in [0.5, 0.6) is 0 Å². The highest BCUT2D eigenvalue weighted by molar-refractivity contribution is 7.89. The number of amides is 1. The molecular weight excluding hydrogens is 218 g/mol. The Bertz CT molecular complexity index is 324. The molecule has 0 spiro atoms. The second kappa shape index (κ2) is 4.91. The number of nitrogens with one attached hydrogen (secondary N) is 1. The Labute approximate surface area is 89.9 Å². The van der Waals surface area contributed by atoms with Crippen LogP contribution in [-0.4, -0.2) is 50.1 Å². The summed E-state index contributed by atoms with van der Waals surface area (Å²) in [6, 6.07) is 0. The van der Waals surface area contributed by atoms with Gasteiger partial charge in [0.2, 0.25) is 15.9 Å². The topological polar surface area (TPSA) is 92.5 Å². The van der Waals surface area contributed by atoms with Gasteiger partial charge in [0.1, 0.15) is 0 Å². The minimum absolute atomic E-state index is 0.0845. The van der Waals surface area contributed by atoms with E-state index in [0.717, 1.165) is 0 Å². The third kappa shape index (κ3) is 2.67. The van der Waals surface area contributed by atoms with Crippen LogP contribution < -0.4 is 11.1 Å². The van der Waals surface area contributed by atoms with E-state index in [2.05, 4.69) is 5.32 Å². The maximum atomic E-state index is 12.0. The summed E-state index contributed by atoms with van der Waals surface area (Å²) >= 11 is 0. The fourth-order valence-corrected chi connectivity index (χ4v) is 3.27. The van der Waals surface area contributed by atoms with Crippen molar-refractivity contribution in [3.63, 3.8) is 0 Å². The molecule has 7 heteroatoms. The van der Waals surface area contributed by atoms with Gasteiger partial charge in [0.05, 0.1) is 11.8 Å². The van der Waals surface area contributed by atoms with E-state index >= 15 is 0 Å². The SMILES string of the molecule is CCC(CN)S(=O)(=O)N1CCNC(=O)C1. The molecule has 1 atom stereocenters. The van der Waals surface area contributed by atoms with E-state index in [1.807, 2.05) is 0 Å². The van der Waals surface area contributed by atoms with Crippen molar-refractivity contribution >= 4 is 15.9 Å². The summed E-state index contributed by atoms with van der Waals surface area (Å²) < 4.78 is 25.1. The normalized spacial score (nSPS) is 21.1. The van der Waals surface area contributed by atoms with Gasteiger partial charge in [0, 0.05) is 19.6 Å². The van der Waals surface area contributed by atoms with Gasteiger partial charge in [-0.2, -0.15) is 4.31 Å². The molecule has 0 aromatic rings. The highest BCUT2D eigenvalue weighted by Crippen LogP contribution is 2.12. The van der Waals surface area contributed by atoms with Crippen LogP contribution in [-0.2, 0) is 14.8 Å². The maximum Gasteiger partial charge on any atom is 0.235 e. The monoisotopic (exact) mass is 235 g/mol. The molecule has 1 rings (SSSR count). The van der Waals surface area contributed by atoms with Gasteiger partial charge in [-0.25, -0.2) is 8.42 Å². The third-order valence-corrected chi connectivity index (χ3v) is 4.90. The zero-order valence-corrected chi connectivity index (χ0v) is 9.59. The number of rotatable bonds is 4. The second-order valence-electron chi connectivity index (χ2n) is 3.49. The summed E-state index contributed by atoms with van der Waals surface area (Å²) in [6.45, 7) is 2.50. The molecule has 0 saturated carbocycles. The van der Waals surface area contributed by atoms with Crippen molar-refractivity contribution in [2.45, 2.75) is 18.6 Å². The van der Waals surface area contributed by atoms with E-state index in [1.165, 1.54) is 4.31 Å². The Balaban J connectivity index is 2.80. The van der Waals surface area contributed by atoms with Crippen LogP contribution in [0.2, 0.25) is 0 Å². The molecule has 1 aliphatic heterocycles. The molecule has 88 valence electrons. The lowest BCUT2D eigenvalue weighted by Crippen LogP contribution is -2.53. The zero-order chi connectivity index (χ0) is 11.5. The number of nitrogens with two attached hydrogens (primary N) is 1. The second-order valence-corrected chi connectivity index (χ2v) is 5.71. The third-order valence-electron chi connectivity index (χ3n) is 2.50. The van der Waals surface area contributed by atoms with Crippen LogP contribution in [0.1, 0.15) is 13.3 Å². The van der Waals surface area contributed by atoms with Gasteiger partial charge in [0.15, 0.2) is 0 Å². The van der Waals surface area contributed by atoms with E-state index in [9.17, 15) is 13.2 Å². The number of hydrogen-bond donors (Lipinski definition) is 2. The molecule has 0 aromatic carbocycles. The van der Waals surface area contributed by atoms with Crippen molar-refractivity contribution in [1.82, 2.24) is 9.62 Å². The molecule has 1 fully saturated rings. The average Bonchev–Trinajstić information content (AvgIpc) is 2.19. The molecule has 15 heavy (non-hydrogen) atoms. The minimum Gasteiger partial charge on any atom is -0.354 e. The van der Waals surface area contributed by atoms with Gasteiger partial charge in [-0.1, -0.05) is 6.92 Å². The molecule has 1 amide bonds. The molecule has 6 nitrogen and oxygen atoms in total. The smallest absolute Gasteiger partial charge is 0.235 e. The lowest BCUT2D eigenvalue weighted by Gasteiger charge is -2.29. The highest BCUT2D eigenvalue weighted by atomic mass is 32.2. The molecule has 0 aromatic heterocycles. The number of hydrogen-bond acceptors (Lipinski definition) is 4. The number of piperazine rings is 1. The molecule has 0 radical (unpaired) electrons. The maximum absolute atomic E-state index is 12.0. The number of carbonyl (C=O) groups excluding carboxylic acids is 1. The van der Waals surface area contributed by atoms with Gasteiger partial charge >= 0.3 is 0 Å². The first-order valence-corrected chi connectivity index (χ1v) is 6.48. The molecule has 3 N–H and O–H groups in total. The Morgan fingerprint density at radius 3 is 2.73 bits per heavy atom. The Morgan fingerprint density at radius 1 is 1.60 bits per heavy atom. The Hall–Kier alpha value is -0.660. The first-order valence-electron chi connectivity index (χ1n) is 4.98. The Kier molecular flexibility index (Phi) is 4.06. The lowest BCUT2D eigenvalue weighted by molar-refractivity contribution is -0.122. The highest BCUT2D eigenvalue weighted by Gasteiger charge is 2.32. The fourth-order valence-electron chi connectivity index (χ4n) is 1.54. The van der Waals surface area contributed by atoms with Gasteiger partial charge in [-0.05, 0) is 6.42 Å². The van der Waals surface area contributed by atoms with E-state index in [0.29, 0.717) is 19.5 Å². The van der Waals surface area contributed by atoms with Crippen LogP contribution in [0.4, 0.5) is 0 Å². The molecular formula is C8H17N3O3S. The van der Waals surface area contributed by atoms with E-state index in [4.69, 9.17) is 5.73 Å². The van der Waals surface area contributed by atoms with Crippen LogP contribution in [0.15, 0.2) is 0 Å². The summed E-state index contributed by atoms with van der Waals surface area (Å²) in [5, 5.41) is 2.00. The first kappa shape index (κ1) is 12.4. The van der Waals surface area contributed by atoms with Crippen molar-refractivity contribution < 1.29 is 13.2 Å². The summed E-state index contributed by atoms with van der Waals surface area (Å²) in [6.07, 6.45) is 0.469. The number of carbonyl (C=O) groups is 1. The lowest BCUT2D eigenvalue weighted by atomic mass is 10.3. The fraction of sp³-hybridized carbons (Fsp3) is 0.875. The van der Waals surface area contributed by atoms with Crippen molar-refractivity contribution in [3.05, 3.63) is 0 Å². The molecule has 0 bridgehead atoms. The quantitative estimate of drug-likeness (QED) is 0.619. The van der Waals surface area contributed by atoms with Crippen molar-refractivity contribution in [2.24, 2.45) is 5.73 Å². The van der Waals surface area contributed by atoms with Crippen LogP contribution >= 0.6 is 0 Å². The summed E-state index contributed by atoms with van der Waals surface area (Å²) in [5.41, 5.74) is 5.40. The van der Waals surface area contributed by atoms with Gasteiger partial charge < -0.3 is 11.1 Å². The van der Waals surface area contributed by atoms with Crippen molar-refractivity contribution in [1.29, 1.82) is 0 Å². The van der Waals surface area contributed by atoms with Crippen LogP contribution in [0, 0.1) is 0 Å². The summed E-state index contributed by atoms with van der Waals surface area (Å²) in [5.74, 6) is -0.253. The standard InChI is InChI=1S/C8H17N3O3S/c1-2-7(5-9)15(13,14)11-4-3-10-8(12)6-11/h7H,2-6,9H2,1H3,(H,10,12). The number of nitrogens with zero attached hydrogens (tertiary/aromatic N) is 1. The average molecular weight is 235 g/mol. The molecule has 1 unspecified atom stereocenters.